The number of urea groups is 1. The topological polar surface area (TPSA) is 46.5 Å². The Balaban J connectivity index is 1.56. The molecule has 3 aromatic carbocycles. The maximum atomic E-state index is 13.7. The third-order valence-corrected chi connectivity index (χ3v) is 6.04. The molecule has 2 heterocycles. The molecular formula is C27H24ClN3O2. The molecule has 33 heavy (non-hydrogen) atoms. The predicted octanol–water partition coefficient (Wildman–Crippen LogP) is 6.67. The molecule has 1 atom stereocenters. The first-order chi connectivity index (χ1) is 16.1. The second-order valence-electron chi connectivity index (χ2n) is 7.90. The van der Waals surface area contributed by atoms with Gasteiger partial charge in [0, 0.05) is 22.6 Å². The molecule has 5 rings (SSSR count). The highest BCUT2D eigenvalue weighted by atomic mass is 35.5. The average Bonchev–Trinajstić information content (AvgIpc) is 3.24. The van der Waals surface area contributed by atoms with Gasteiger partial charge in [0.05, 0.1) is 24.9 Å². The molecule has 1 aromatic heterocycles. The molecule has 5 nitrogen and oxygen atoms in total. The van der Waals surface area contributed by atoms with Gasteiger partial charge in [-0.05, 0) is 72.6 Å². The number of carbonyl (C=O) groups is 1. The number of benzene rings is 3. The number of carbonyl (C=O) groups excluding carboxylic acids is 1. The maximum absolute atomic E-state index is 13.7. The fourth-order valence-corrected chi connectivity index (χ4v) is 4.56. The number of fused-ring (bicyclic) bond motifs is 3. The van der Waals surface area contributed by atoms with E-state index >= 15 is 0 Å². The van der Waals surface area contributed by atoms with Crippen molar-refractivity contribution in [3.8, 4) is 11.4 Å². The first kappa shape index (κ1) is 21.2. The Hall–Kier alpha value is -3.70. The summed E-state index contributed by atoms with van der Waals surface area (Å²) in [6.45, 7) is 3.00. The van der Waals surface area contributed by atoms with Crippen LogP contribution in [0.4, 0.5) is 10.5 Å². The molecule has 2 amide bonds. The molecule has 0 radical (unpaired) electrons. The molecule has 6 heteroatoms. The van der Waals surface area contributed by atoms with Gasteiger partial charge in [-0.1, -0.05) is 41.9 Å². The van der Waals surface area contributed by atoms with Gasteiger partial charge in [-0.15, -0.1) is 0 Å². The van der Waals surface area contributed by atoms with Crippen LogP contribution in [0.15, 0.2) is 91.1 Å². The van der Waals surface area contributed by atoms with Crippen LogP contribution in [0, 0.1) is 0 Å². The van der Waals surface area contributed by atoms with Gasteiger partial charge in [-0.2, -0.15) is 0 Å². The number of rotatable bonds is 4. The number of hydrogen-bond acceptors (Lipinski definition) is 2. The number of ether oxygens (including phenoxy) is 1. The highest BCUT2D eigenvalue weighted by Gasteiger charge is 2.33. The van der Waals surface area contributed by atoms with Crippen LogP contribution in [-0.4, -0.2) is 22.1 Å². The second-order valence-corrected chi connectivity index (χ2v) is 8.34. The lowest BCUT2D eigenvalue weighted by Gasteiger charge is -2.31. The minimum atomic E-state index is -0.311. The van der Waals surface area contributed by atoms with E-state index in [9.17, 15) is 4.79 Å². The summed E-state index contributed by atoms with van der Waals surface area (Å²) in [4.78, 5) is 15.5. The van der Waals surface area contributed by atoms with Crippen molar-refractivity contribution in [2.24, 2.45) is 0 Å². The number of nitrogens with zero attached hydrogens (tertiary/aromatic N) is 2. The van der Waals surface area contributed by atoms with Crippen molar-refractivity contribution in [1.82, 2.24) is 9.47 Å². The summed E-state index contributed by atoms with van der Waals surface area (Å²) in [5, 5.41) is 3.70. The van der Waals surface area contributed by atoms with Crippen LogP contribution in [-0.2, 0) is 6.54 Å². The smallest absolute Gasteiger partial charge is 0.322 e. The fraction of sp³-hybridized carbons (Fsp3) is 0.148. The zero-order chi connectivity index (χ0) is 22.8. The lowest BCUT2D eigenvalue weighted by Crippen LogP contribution is -2.37. The Labute approximate surface area is 198 Å². The summed E-state index contributed by atoms with van der Waals surface area (Å²) in [6, 6.07) is 26.9. The first-order valence-electron chi connectivity index (χ1n) is 11.0. The van der Waals surface area contributed by atoms with Crippen LogP contribution in [0.2, 0.25) is 5.02 Å². The van der Waals surface area contributed by atoms with Crippen molar-refractivity contribution < 1.29 is 9.53 Å². The summed E-state index contributed by atoms with van der Waals surface area (Å²) in [6.07, 6.45) is 2.04. The van der Waals surface area contributed by atoms with Gasteiger partial charge in [0.2, 0.25) is 0 Å². The number of aromatic nitrogens is 1. The third kappa shape index (κ3) is 4.20. The molecule has 0 bridgehead atoms. The number of amides is 2. The van der Waals surface area contributed by atoms with Gasteiger partial charge in [0.15, 0.2) is 0 Å². The van der Waals surface area contributed by atoms with E-state index in [-0.39, 0.29) is 12.1 Å². The number of para-hydroxylation sites is 1. The highest BCUT2D eigenvalue weighted by Crippen LogP contribution is 2.37. The molecule has 0 saturated carbocycles. The SMILES string of the molecule is CCOc1ccc(NC(=O)N2Cc3ccccc3-n3cccc3[C@H]2c2cccc(Cl)c2)cc1. The Bertz CT molecular complexity index is 1280. The zero-order valence-corrected chi connectivity index (χ0v) is 19.0. The summed E-state index contributed by atoms with van der Waals surface area (Å²) < 4.78 is 7.67. The van der Waals surface area contributed by atoms with Gasteiger partial charge in [-0.3, -0.25) is 0 Å². The monoisotopic (exact) mass is 457 g/mol. The van der Waals surface area contributed by atoms with E-state index in [4.69, 9.17) is 16.3 Å². The van der Waals surface area contributed by atoms with Crippen LogP contribution in [0.3, 0.4) is 0 Å². The normalized spacial score (nSPS) is 14.7. The lowest BCUT2D eigenvalue weighted by molar-refractivity contribution is 0.194. The van der Waals surface area contributed by atoms with Gasteiger partial charge in [0.1, 0.15) is 5.75 Å². The fourth-order valence-electron chi connectivity index (χ4n) is 4.36. The molecule has 0 unspecified atom stereocenters. The largest absolute Gasteiger partial charge is 0.494 e. The number of halogens is 1. The van der Waals surface area contributed by atoms with Crippen molar-refractivity contribution >= 4 is 23.3 Å². The summed E-state index contributed by atoms with van der Waals surface area (Å²) in [5.74, 6) is 0.772. The number of hydrogen-bond donors (Lipinski definition) is 1. The van der Waals surface area contributed by atoms with Crippen LogP contribution >= 0.6 is 11.6 Å². The first-order valence-corrected chi connectivity index (χ1v) is 11.3. The second kappa shape index (κ2) is 9.04. The Kier molecular flexibility index (Phi) is 5.80. The molecule has 1 N–H and O–H groups in total. The lowest BCUT2D eigenvalue weighted by atomic mass is 10.0. The minimum Gasteiger partial charge on any atom is -0.494 e. The number of nitrogens with one attached hydrogen (secondary N) is 1. The van der Waals surface area contributed by atoms with E-state index in [0.717, 1.165) is 28.3 Å². The third-order valence-electron chi connectivity index (χ3n) is 5.81. The predicted molar refractivity (Wildman–Crippen MR) is 131 cm³/mol. The van der Waals surface area contributed by atoms with Gasteiger partial charge >= 0.3 is 6.03 Å². The van der Waals surface area contributed by atoms with Crippen molar-refractivity contribution in [3.05, 3.63) is 113 Å². The van der Waals surface area contributed by atoms with Gasteiger partial charge in [0.25, 0.3) is 0 Å². The van der Waals surface area contributed by atoms with E-state index in [1.54, 1.807) is 0 Å². The van der Waals surface area contributed by atoms with Gasteiger partial charge in [-0.25, -0.2) is 4.79 Å². The van der Waals surface area contributed by atoms with Crippen LogP contribution in [0.1, 0.15) is 29.8 Å². The van der Waals surface area contributed by atoms with Crippen LogP contribution in [0.25, 0.3) is 5.69 Å². The summed E-state index contributed by atoms with van der Waals surface area (Å²) in [7, 11) is 0. The molecule has 1 aliphatic heterocycles. The Morgan fingerprint density at radius 1 is 1.03 bits per heavy atom. The zero-order valence-electron chi connectivity index (χ0n) is 18.2. The molecular weight excluding hydrogens is 434 g/mol. The highest BCUT2D eigenvalue weighted by molar-refractivity contribution is 6.30. The summed E-state index contributed by atoms with van der Waals surface area (Å²) in [5.41, 5.74) is 4.81. The Morgan fingerprint density at radius 2 is 1.85 bits per heavy atom. The van der Waals surface area contributed by atoms with Crippen LogP contribution in [0.5, 0.6) is 5.75 Å². The maximum Gasteiger partial charge on any atom is 0.322 e. The standard InChI is InChI=1S/C27H24ClN3O2/c1-2-33-23-14-12-22(13-15-23)29-27(32)31-18-20-7-3-4-10-24(20)30-16-6-11-25(30)26(31)19-8-5-9-21(28)17-19/h3-17,26H,2,18H2,1H3,(H,29,32)/t26-/m1/s1. The van der Waals surface area contributed by atoms with Crippen molar-refractivity contribution in [1.29, 1.82) is 0 Å². The van der Waals surface area contributed by atoms with Crippen LogP contribution < -0.4 is 10.1 Å². The Morgan fingerprint density at radius 3 is 2.64 bits per heavy atom. The summed E-state index contributed by atoms with van der Waals surface area (Å²) >= 11 is 6.35. The van der Waals surface area contributed by atoms with E-state index in [2.05, 4.69) is 28.1 Å². The molecule has 0 saturated heterocycles. The minimum absolute atomic E-state index is 0.186. The van der Waals surface area contributed by atoms with Gasteiger partial charge < -0.3 is 19.5 Å². The quantitative estimate of drug-likeness (QED) is 0.372. The van der Waals surface area contributed by atoms with Crippen molar-refractivity contribution in [3.63, 3.8) is 0 Å². The van der Waals surface area contributed by atoms with E-state index in [0.29, 0.717) is 23.9 Å². The van der Waals surface area contributed by atoms with E-state index < -0.39 is 0 Å². The van der Waals surface area contributed by atoms with Crippen molar-refractivity contribution in [2.45, 2.75) is 19.5 Å². The van der Waals surface area contributed by atoms with E-state index in [1.807, 2.05) is 84.8 Å². The number of anilines is 1. The van der Waals surface area contributed by atoms with Crippen molar-refractivity contribution in [2.75, 3.05) is 11.9 Å². The molecule has 0 fully saturated rings. The molecule has 0 aliphatic carbocycles. The average molecular weight is 458 g/mol. The molecule has 0 spiro atoms. The molecule has 166 valence electrons. The van der Waals surface area contributed by atoms with E-state index in [1.165, 1.54) is 0 Å². The molecule has 1 aliphatic rings. The molecule has 4 aromatic rings.